The van der Waals surface area contributed by atoms with Gasteiger partial charge in [-0.05, 0) is 6.42 Å². The van der Waals surface area contributed by atoms with Crippen LogP contribution in [0.15, 0.2) is 0 Å². The van der Waals surface area contributed by atoms with E-state index in [1.54, 1.807) is 0 Å². The molecule has 0 heterocycles. The molecular weight excluding hydrogens is 473 g/mol. The van der Waals surface area contributed by atoms with E-state index >= 15 is 0 Å². The molecule has 0 saturated carbocycles. The zero-order valence-electron chi connectivity index (χ0n) is 22.6. The summed E-state index contributed by atoms with van der Waals surface area (Å²) in [7, 11) is 3.69. The first-order valence-electron chi connectivity index (χ1n) is 13.2. The molecule has 0 rings (SSSR count). The van der Waals surface area contributed by atoms with Gasteiger partial charge in [-0.3, -0.25) is 18.4 Å². The molecule has 204 valence electrons. The molecule has 0 radical (unpaired) electrons. The monoisotopic (exact) mass is 526 g/mol. The number of ether oxygens (including phenoxy) is 1. The van der Waals surface area contributed by atoms with Crippen LogP contribution in [0.3, 0.4) is 0 Å². The fourth-order valence-electron chi connectivity index (χ4n) is 3.34. The molecule has 0 aliphatic rings. The summed E-state index contributed by atoms with van der Waals surface area (Å²) in [6.45, 7) is 3.28. The van der Waals surface area contributed by atoms with Crippen molar-refractivity contribution in [3.63, 3.8) is 0 Å². The Morgan fingerprint density at radius 1 is 0.824 bits per heavy atom. The number of hydrogen-bond donors (Lipinski definition) is 1. The van der Waals surface area contributed by atoms with Gasteiger partial charge in [0.1, 0.15) is 19.8 Å². The van der Waals surface area contributed by atoms with Crippen molar-refractivity contribution in [3.05, 3.63) is 0 Å². The highest BCUT2D eigenvalue weighted by Gasteiger charge is 2.27. The Balaban J connectivity index is 3.68. The van der Waals surface area contributed by atoms with Gasteiger partial charge in [0.2, 0.25) is 0 Å². The van der Waals surface area contributed by atoms with Crippen molar-refractivity contribution in [2.24, 2.45) is 0 Å². The van der Waals surface area contributed by atoms with E-state index < -0.39 is 13.1 Å². The van der Waals surface area contributed by atoms with Gasteiger partial charge in [0.15, 0.2) is 0 Å². The third-order valence-corrected chi connectivity index (χ3v) is 7.29. The highest BCUT2D eigenvalue weighted by atomic mass is 32.1. The quantitative estimate of drug-likeness (QED) is 0.0490. The van der Waals surface area contributed by atoms with Gasteiger partial charge in [0.25, 0.3) is 0 Å². The fraction of sp³-hybridized carbons (Fsp3) is 0.960. The Morgan fingerprint density at radius 2 is 1.32 bits per heavy atom. The second kappa shape index (κ2) is 21.0. The standard InChI is InChI=1S/C25H52NO6PS/c1-6-7-8-9-10-11-12-13-14-15-16-17-18-19-25(27)30-22-24(34)23-32-33(28,29-5)31-21-20-26(2,3)4/h24H,6-23H2,1-5H3/p+1/t24-,33?/m1/s1. The number of phosphoric acid groups is 1. The first-order chi connectivity index (χ1) is 16.1. The molecule has 0 aromatic carbocycles. The van der Waals surface area contributed by atoms with Crippen molar-refractivity contribution in [2.75, 3.05) is 54.6 Å². The Labute approximate surface area is 215 Å². The smallest absolute Gasteiger partial charge is 0.464 e. The lowest BCUT2D eigenvalue weighted by Crippen LogP contribution is -2.37. The molecular formula is C25H53NO6PS+. The van der Waals surface area contributed by atoms with E-state index in [0.717, 1.165) is 12.8 Å². The van der Waals surface area contributed by atoms with Crippen LogP contribution in [0.1, 0.15) is 96.8 Å². The maximum absolute atomic E-state index is 12.4. The van der Waals surface area contributed by atoms with Gasteiger partial charge in [-0.2, -0.15) is 12.6 Å². The largest absolute Gasteiger partial charge is 0.474 e. The van der Waals surface area contributed by atoms with Crippen molar-refractivity contribution in [1.29, 1.82) is 0 Å². The second-order valence-electron chi connectivity index (χ2n) is 10.1. The Kier molecular flexibility index (Phi) is 21.0. The van der Waals surface area contributed by atoms with E-state index in [9.17, 15) is 9.36 Å². The first kappa shape index (κ1) is 33.9. The fourth-order valence-corrected chi connectivity index (χ4v) is 4.56. The maximum atomic E-state index is 12.4. The van der Waals surface area contributed by atoms with E-state index in [4.69, 9.17) is 18.3 Å². The zero-order chi connectivity index (χ0) is 25.7. The van der Waals surface area contributed by atoms with Gasteiger partial charge < -0.3 is 9.22 Å². The average molecular weight is 527 g/mol. The number of hydrogen-bond acceptors (Lipinski definition) is 7. The summed E-state index contributed by atoms with van der Waals surface area (Å²) in [6.07, 6.45) is 17.0. The molecule has 0 bridgehead atoms. The van der Waals surface area contributed by atoms with Crippen LogP contribution >= 0.6 is 20.5 Å². The molecule has 0 spiro atoms. The molecule has 0 aliphatic heterocycles. The molecule has 0 aliphatic carbocycles. The molecule has 2 atom stereocenters. The van der Waals surface area contributed by atoms with E-state index in [1.165, 1.54) is 77.7 Å². The normalized spacial score (nSPS) is 14.6. The summed E-state index contributed by atoms with van der Waals surface area (Å²) >= 11 is 4.35. The lowest BCUT2D eigenvalue weighted by Gasteiger charge is -2.25. The van der Waals surface area contributed by atoms with E-state index in [1.807, 2.05) is 21.1 Å². The van der Waals surface area contributed by atoms with E-state index in [0.29, 0.717) is 17.4 Å². The van der Waals surface area contributed by atoms with Crippen LogP contribution in [-0.2, 0) is 27.7 Å². The maximum Gasteiger partial charge on any atom is 0.474 e. The number of likely N-dealkylation sites (N-methyl/N-ethyl adjacent to an activating group) is 1. The van der Waals surface area contributed by atoms with Crippen LogP contribution in [0.25, 0.3) is 0 Å². The molecule has 0 aromatic rings. The number of carbonyl (C=O) groups is 1. The summed E-state index contributed by atoms with van der Waals surface area (Å²) in [6, 6.07) is 0. The number of phosphoric ester groups is 1. The van der Waals surface area contributed by atoms with Crippen molar-refractivity contribution in [2.45, 2.75) is 102 Å². The Bertz CT molecular complexity index is 544. The van der Waals surface area contributed by atoms with Gasteiger partial charge in [-0.25, -0.2) is 4.57 Å². The minimum Gasteiger partial charge on any atom is -0.464 e. The van der Waals surface area contributed by atoms with E-state index in [2.05, 4.69) is 19.6 Å². The van der Waals surface area contributed by atoms with Gasteiger partial charge in [0, 0.05) is 13.5 Å². The Morgan fingerprint density at radius 3 is 1.79 bits per heavy atom. The number of carbonyl (C=O) groups excluding carboxylic acids is 1. The van der Waals surface area contributed by atoms with Crippen LogP contribution < -0.4 is 0 Å². The average Bonchev–Trinajstić information content (AvgIpc) is 2.78. The molecule has 1 unspecified atom stereocenters. The van der Waals surface area contributed by atoms with E-state index in [-0.39, 0.29) is 25.8 Å². The first-order valence-corrected chi connectivity index (χ1v) is 15.2. The molecule has 34 heavy (non-hydrogen) atoms. The molecule has 0 N–H and O–H groups in total. The third kappa shape index (κ3) is 22.4. The molecule has 7 nitrogen and oxygen atoms in total. The number of rotatable bonds is 24. The molecule has 0 fully saturated rings. The van der Waals surface area contributed by atoms with Crippen LogP contribution in [0.5, 0.6) is 0 Å². The molecule has 0 aromatic heterocycles. The van der Waals surface area contributed by atoms with Crippen molar-refractivity contribution in [3.8, 4) is 0 Å². The van der Waals surface area contributed by atoms with Gasteiger partial charge in [0.05, 0.1) is 33.0 Å². The molecule has 0 saturated heterocycles. The molecule has 0 amide bonds. The van der Waals surface area contributed by atoms with Gasteiger partial charge >= 0.3 is 13.8 Å². The Hall–Kier alpha value is -0.110. The van der Waals surface area contributed by atoms with Crippen molar-refractivity contribution < 1.29 is 32.2 Å². The lowest BCUT2D eigenvalue weighted by molar-refractivity contribution is -0.870. The van der Waals surface area contributed by atoms with Crippen LogP contribution in [-0.4, -0.2) is 70.3 Å². The summed E-state index contributed by atoms with van der Waals surface area (Å²) in [5.74, 6) is -0.226. The topological polar surface area (TPSA) is 71.1 Å². The van der Waals surface area contributed by atoms with Crippen molar-refractivity contribution >= 4 is 26.4 Å². The summed E-state index contributed by atoms with van der Waals surface area (Å²) < 4.78 is 33.9. The zero-order valence-corrected chi connectivity index (χ0v) is 24.4. The number of thiol groups is 1. The highest BCUT2D eigenvalue weighted by molar-refractivity contribution is 7.81. The predicted octanol–water partition coefficient (Wildman–Crippen LogP) is 6.80. The number of unbranched alkanes of at least 4 members (excludes halogenated alkanes) is 12. The van der Waals surface area contributed by atoms with Crippen LogP contribution in [0, 0.1) is 0 Å². The van der Waals surface area contributed by atoms with Crippen LogP contribution in [0.4, 0.5) is 0 Å². The van der Waals surface area contributed by atoms with Gasteiger partial charge in [-0.15, -0.1) is 0 Å². The number of nitrogens with zero attached hydrogens (tertiary/aromatic N) is 1. The van der Waals surface area contributed by atoms with Crippen LogP contribution in [0.2, 0.25) is 0 Å². The minimum absolute atomic E-state index is 0.00459. The molecule has 9 heteroatoms. The summed E-state index contributed by atoms with van der Waals surface area (Å²) in [5.41, 5.74) is 0. The number of quaternary nitrogens is 1. The summed E-state index contributed by atoms with van der Waals surface area (Å²) in [4.78, 5) is 11.9. The minimum atomic E-state index is -3.63. The predicted molar refractivity (Wildman–Crippen MR) is 143 cm³/mol. The van der Waals surface area contributed by atoms with Gasteiger partial charge in [-0.1, -0.05) is 84.0 Å². The lowest BCUT2D eigenvalue weighted by atomic mass is 10.0. The highest BCUT2D eigenvalue weighted by Crippen LogP contribution is 2.48. The summed E-state index contributed by atoms with van der Waals surface area (Å²) in [5, 5.41) is -0.402. The SMILES string of the molecule is CCCCCCCCCCCCCCCC(=O)OC[C@@H](S)COP(=O)(OC)OCC[N+](C)(C)C. The van der Waals surface area contributed by atoms with Crippen molar-refractivity contribution in [1.82, 2.24) is 0 Å². The third-order valence-electron chi connectivity index (χ3n) is 5.58. The number of esters is 1. The second-order valence-corrected chi connectivity index (χ2v) is 12.6.